The van der Waals surface area contributed by atoms with Gasteiger partial charge < -0.3 is 10.2 Å². The smallest absolute Gasteiger partial charge is 0.125 e. The van der Waals surface area contributed by atoms with Gasteiger partial charge in [-0.2, -0.15) is 0 Å². The second kappa shape index (κ2) is 6.56. The van der Waals surface area contributed by atoms with Crippen molar-refractivity contribution >= 4 is 11.3 Å². The van der Waals surface area contributed by atoms with E-state index in [2.05, 4.69) is 18.8 Å². The van der Waals surface area contributed by atoms with Gasteiger partial charge in [0.1, 0.15) is 5.60 Å². The highest BCUT2D eigenvalue weighted by Gasteiger charge is 2.26. The number of rotatable bonds is 3. The van der Waals surface area contributed by atoms with Gasteiger partial charge in [0.15, 0.2) is 0 Å². The predicted octanol–water partition coefficient (Wildman–Crippen LogP) is 3.63. The van der Waals surface area contributed by atoms with Crippen molar-refractivity contribution in [3.8, 4) is 11.8 Å². The van der Waals surface area contributed by atoms with E-state index in [1.54, 1.807) is 0 Å². The molecule has 1 unspecified atom stereocenters. The molecule has 0 aliphatic heterocycles. The molecule has 0 bridgehead atoms. The summed E-state index contributed by atoms with van der Waals surface area (Å²) in [5, 5.41) is 20.2. The highest BCUT2D eigenvalue weighted by Crippen LogP contribution is 2.29. The fraction of sp³-hybridized carbons (Fsp3) is 0.625. The highest BCUT2D eigenvalue weighted by molar-refractivity contribution is 7.12. The van der Waals surface area contributed by atoms with Crippen molar-refractivity contribution in [3.05, 3.63) is 21.9 Å². The van der Waals surface area contributed by atoms with E-state index >= 15 is 0 Å². The summed E-state index contributed by atoms with van der Waals surface area (Å²) in [5.74, 6) is 6.11. The van der Waals surface area contributed by atoms with E-state index in [4.69, 9.17) is 0 Å². The van der Waals surface area contributed by atoms with Crippen LogP contribution in [-0.4, -0.2) is 15.8 Å². The zero-order valence-electron chi connectivity index (χ0n) is 11.5. The summed E-state index contributed by atoms with van der Waals surface area (Å²) in [4.78, 5) is 1.91. The van der Waals surface area contributed by atoms with Gasteiger partial charge in [-0.15, -0.1) is 11.3 Å². The Hall–Kier alpha value is -0.820. The lowest BCUT2D eigenvalue weighted by Gasteiger charge is -2.26. The fourth-order valence-electron chi connectivity index (χ4n) is 2.45. The summed E-state index contributed by atoms with van der Waals surface area (Å²) in [6.07, 6.45) is 6.30. The molecule has 0 amide bonds. The molecule has 0 radical (unpaired) electrons. The monoisotopic (exact) mass is 278 g/mol. The van der Waals surface area contributed by atoms with Gasteiger partial charge in [0.05, 0.1) is 11.0 Å². The molecule has 2 N–H and O–H groups in total. The highest BCUT2D eigenvalue weighted by atomic mass is 32.1. The van der Waals surface area contributed by atoms with E-state index in [-0.39, 0.29) is 6.10 Å². The van der Waals surface area contributed by atoms with Crippen LogP contribution in [0.25, 0.3) is 0 Å². The Kier molecular flexibility index (Phi) is 5.04. The van der Waals surface area contributed by atoms with Gasteiger partial charge in [0.25, 0.3) is 0 Å². The average Bonchev–Trinajstić information content (AvgIpc) is 2.87. The molecule has 2 rings (SSSR count). The topological polar surface area (TPSA) is 40.5 Å². The van der Waals surface area contributed by atoms with Crippen LogP contribution in [0.2, 0.25) is 0 Å². The van der Waals surface area contributed by atoms with Crippen LogP contribution in [-0.2, 0) is 0 Å². The molecule has 1 aromatic heterocycles. The molecular formula is C16H22O2S. The maximum Gasteiger partial charge on any atom is 0.125 e. The summed E-state index contributed by atoms with van der Waals surface area (Å²) in [5.41, 5.74) is -0.787. The summed E-state index contributed by atoms with van der Waals surface area (Å²) in [6.45, 7) is 2.07. The molecule has 0 aromatic carbocycles. The standard InChI is InChI=1S/C16H22O2S/c1-2-6-14(17)15-8-7-13(19-15)9-12-16(18)10-4-3-5-11-16/h7-8,14,17-18H,2-6,10-11H2,1H3. The van der Waals surface area contributed by atoms with Crippen molar-refractivity contribution in [2.75, 3.05) is 0 Å². The number of thiophene rings is 1. The van der Waals surface area contributed by atoms with E-state index in [1.807, 2.05) is 12.1 Å². The molecule has 1 fully saturated rings. The second-order valence-electron chi connectivity index (χ2n) is 5.35. The maximum atomic E-state index is 10.3. The van der Waals surface area contributed by atoms with Crippen LogP contribution in [0.15, 0.2) is 12.1 Å². The Morgan fingerprint density at radius 1 is 1.32 bits per heavy atom. The summed E-state index contributed by atoms with van der Waals surface area (Å²) in [6, 6.07) is 3.89. The molecule has 104 valence electrons. The van der Waals surface area contributed by atoms with Crippen molar-refractivity contribution in [1.82, 2.24) is 0 Å². The quantitative estimate of drug-likeness (QED) is 0.829. The van der Waals surface area contributed by atoms with Gasteiger partial charge >= 0.3 is 0 Å². The maximum absolute atomic E-state index is 10.3. The first-order chi connectivity index (χ1) is 9.13. The normalized spacial score (nSPS) is 19.5. The van der Waals surface area contributed by atoms with Gasteiger partial charge in [-0.25, -0.2) is 0 Å². The minimum absolute atomic E-state index is 0.372. The number of hydrogen-bond donors (Lipinski definition) is 2. The lowest BCUT2D eigenvalue weighted by atomic mass is 9.85. The van der Waals surface area contributed by atoms with Crippen molar-refractivity contribution in [1.29, 1.82) is 0 Å². The molecule has 1 aliphatic carbocycles. The SMILES string of the molecule is CCCC(O)c1ccc(C#CC2(O)CCCCC2)s1. The summed E-state index contributed by atoms with van der Waals surface area (Å²) in [7, 11) is 0. The van der Waals surface area contributed by atoms with Crippen LogP contribution >= 0.6 is 11.3 Å². The molecule has 1 saturated carbocycles. The minimum atomic E-state index is -0.787. The third-order valence-electron chi connectivity index (χ3n) is 3.62. The van der Waals surface area contributed by atoms with E-state index in [9.17, 15) is 10.2 Å². The molecule has 2 nitrogen and oxygen atoms in total. The van der Waals surface area contributed by atoms with Gasteiger partial charge in [-0.05, 0) is 44.2 Å². The van der Waals surface area contributed by atoms with Crippen molar-refractivity contribution in [3.63, 3.8) is 0 Å². The first kappa shape index (κ1) is 14.6. The minimum Gasteiger partial charge on any atom is -0.388 e. The fourth-order valence-corrected chi connectivity index (χ4v) is 3.34. The number of aliphatic hydroxyl groups is 2. The van der Waals surface area contributed by atoms with Crippen molar-refractivity contribution in [2.24, 2.45) is 0 Å². The molecule has 1 atom stereocenters. The van der Waals surface area contributed by atoms with Crippen LogP contribution in [0, 0.1) is 11.8 Å². The second-order valence-corrected chi connectivity index (χ2v) is 6.46. The molecule has 1 heterocycles. The molecule has 1 aliphatic rings. The lowest BCUT2D eigenvalue weighted by Crippen LogP contribution is -2.29. The largest absolute Gasteiger partial charge is 0.388 e. The van der Waals surface area contributed by atoms with E-state index in [0.717, 1.165) is 48.3 Å². The molecule has 3 heteroatoms. The third kappa shape index (κ3) is 4.07. The van der Waals surface area contributed by atoms with Crippen LogP contribution in [0.1, 0.15) is 67.7 Å². The predicted molar refractivity (Wildman–Crippen MR) is 79.1 cm³/mol. The first-order valence-electron chi connectivity index (χ1n) is 7.16. The number of aliphatic hydroxyl groups excluding tert-OH is 1. The molecule has 19 heavy (non-hydrogen) atoms. The Labute approximate surface area is 119 Å². The van der Waals surface area contributed by atoms with Crippen molar-refractivity contribution in [2.45, 2.75) is 63.6 Å². The summed E-state index contributed by atoms with van der Waals surface area (Å²) < 4.78 is 0. The third-order valence-corrected chi connectivity index (χ3v) is 4.72. The van der Waals surface area contributed by atoms with Gasteiger partial charge in [0.2, 0.25) is 0 Å². The Morgan fingerprint density at radius 2 is 2.05 bits per heavy atom. The van der Waals surface area contributed by atoms with Crippen LogP contribution in [0.4, 0.5) is 0 Å². The van der Waals surface area contributed by atoms with Crippen LogP contribution in [0.5, 0.6) is 0 Å². The zero-order valence-corrected chi connectivity index (χ0v) is 12.3. The van der Waals surface area contributed by atoms with Crippen LogP contribution < -0.4 is 0 Å². The average molecular weight is 278 g/mol. The van der Waals surface area contributed by atoms with E-state index in [0.29, 0.717) is 0 Å². The van der Waals surface area contributed by atoms with E-state index in [1.165, 1.54) is 17.8 Å². The summed E-state index contributed by atoms with van der Waals surface area (Å²) >= 11 is 1.53. The van der Waals surface area contributed by atoms with Crippen LogP contribution in [0.3, 0.4) is 0 Å². The van der Waals surface area contributed by atoms with Gasteiger partial charge in [0, 0.05) is 4.88 Å². The molecule has 0 saturated heterocycles. The number of hydrogen-bond acceptors (Lipinski definition) is 3. The Morgan fingerprint density at radius 3 is 2.74 bits per heavy atom. The zero-order chi connectivity index (χ0) is 13.7. The molecule has 1 aromatic rings. The Bertz CT molecular complexity index is 461. The van der Waals surface area contributed by atoms with Crippen molar-refractivity contribution < 1.29 is 10.2 Å². The molecule has 0 spiro atoms. The van der Waals surface area contributed by atoms with Gasteiger partial charge in [-0.3, -0.25) is 0 Å². The molecular weight excluding hydrogens is 256 g/mol. The van der Waals surface area contributed by atoms with Gasteiger partial charge in [-0.1, -0.05) is 31.6 Å². The first-order valence-corrected chi connectivity index (χ1v) is 7.98. The lowest BCUT2D eigenvalue weighted by molar-refractivity contribution is 0.0610. The van der Waals surface area contributed by atoms with E-state index < -0.39 is 5.60 Å². The Balaban J connectivity index is 2.03.